The third-order valence-corrected chi connectivity index (χ3v) is 3.49. The zero-order valence-electron chi connectivity index (χ0n) is 10.6. The summed E-state index contributed by atoms with van der Waals surface area (Å²) >= 11 is 0. The average molecular weight is 214 g/mol. The van der Waals surface area contributed by atoms with Crippen molar-refractivity contribution in [3.63, 3.8) is 0 Å². The van der Waals surface area contributed by atoms with Crippen LogP contribution < -0.4 is 0 Å². The van der Waals surface area contributed by atoms with Gasteiger partial charge in [-0.15, -0.1) is 0 Å². The summed E-state index contributed by atoms with van der Waals surface area (Å²) in [7, 11) is 4.16. The number of likely N-dealkylation sites (tertiary alicyclic amines) is 1. The van der Waals surface area contributed by atoms with Gasteiger partial charge in [0.1, 0.15) is 0 Å². The fraction of sp³-hybridized carbons (Fsp3) is 1.00. The summed E-state index contributed by atoms with van der Waals surface area (Å²) in [6.45, 7) is 8.20. The van der Waals surface area contributed by atoms with Gasteiger partial charge in [0.05, 0.1) is 0 Å². The lowest BCUT2D eigenvalue weighted by atomic mass is 9.92. The van der Waals surface area contributed by atoms with Crippen LogP contribution in [0.3, 0.4) is 0 Å². The van der Waals surface area contributed by atoms with E-state index < -0.39 is 0 Å². The first kappa shape index (κ1) is 12.9. The van der Waals surface area contributed by atoms with Crippen LogP contribution >= 0.6 is 0 Å². The lowest BCUT2D eigenvalue weighted by Crippen LogP contribution is -2.33. The van der Waals surface area contributed by atoms with Crippen LogP contribution in [0.2, 0.25) is 0 Å². The Morgan fingerprint density at radius 3 is 2.47 bits per heavy atom. The quantitative estimate of drug-likeness (QED) is 0.736. The molecule has 0 saturated carbocycles. The Bertz CT molecular complexity index is 182. The summed E-state index contributed by atoms with van der Waals surface area (Å²) in [6.07, 6.45) is 1.25. The van der Waals surface area contributed by atoms with Crippen molar-refractivity contribution < 1.29 is 5.11 Å². The highest BCUT2D eigenvalue weighted by Crippen LogP contribution is 2.25. The van der Waals surface area contributed by atoms with Gasteiger partial charge in [0.2, 0.25) is 0 Å². The Hall–Kier alpha value is -0.120. The maximum atomic E-state index is 9.42. The van der Waals surface area contributed by atoms with E-state index in [1.165, 1.54) is 13.0 Å². The van der Waals surface area contributed by atoms with Crippen LogP contribution in [-0.4, -0.2) is 61.3 Å². The van der Waals surface area contributed by atoms with Gasteiger partial charge in [0, 0.05) is 25.7 Å². The number of rotatable bonds is 5. The van der Waals surface area contributed by atoms with E-state index >= 15 is 0 Å². The topological polar surface area (TPSA) is 26.7 Å². The molecule has 2 unspecified atom stereocenters. The highest BCUT2D eigenvalue weighted by molar-refractivity contribution is 4.83. The number of nitrogens with zero attached hydrogens (tertiary/aromatic N) is 2. The monoisotopic (exact) mass is 214 g/mol. The molecule has 1 fully saturated rings. The van der Waals surface area contributed by atoms with Gasteiger partial charge in [-0.25, -0.2) is 0 Å². The van der Waals surface area contributed by atoms with Crippen molar-refractivity contribution >= 4 is 0 Å². The molecule has 3 nitrogen and oxygen atoms in total. The molecular weight excluding hydrogens is 188 g/mol. The van der Waals surface area contributed by atoms with Crippen molar-refractivity contribution in [1.82, 2.24) is 9.80 Å². The third kappa shape index (κ3) is 3.74. The lowest BCUT2D eigenvalue weighted by Gasteiger charge is -2.26. The summed E-state index contributed by atoms with van der Waals surface area (Å²) in [5, 5.41) is 9.42. The van der Waals surface area contributed by atoms with Gasteiger partial charge in [-0.1, -0.05) is 0 Å². The van der Waals surface area contributed by atoms with E-state index in [9.17, 15) is 5.11 Å². The minimum Gasteiger partial charge on any atom is -0.396 e. The standard InChI is InChI=1S/C12H26N2O/c1-10(2)14-6-5-11(8-14)12(9-15)7-13(3)4/h10-12,15H,5-9H2,1-4H3. The summed E-state index contributed by atoms with van der Waals surface area (Å²) < 4.78 is 0. The third-order valence-electron chi connectivity index (χ3n) is 3.49. The highest BCUT2D eigenvalue weighted by atomic mass is 16.3. The normalized spacial score (nSPS) is 25.4. The second kappa shape index (κ2) is 5.83. The van der Waals surface area contributed by atoms with E-state index in [1.807, 2.05) is 0 Å². The highest BCUT2D eigenvalue weighted by Gasteiger charge is 2.30. The molecule has 0 aromatic carbocycles. The molecule has 2 atom stereocenters. The van der Waals surface area contributed by atoms with Gasteiger partial charge >= 0.3 is 0 Å². The minimum atomic E-state index is 0.328. The van der Waals surface area contributed by atoms with Gasteiger partial charge < -0.3 is 14.9 Å². The maximum absolute atomic E-state index is 9.42. The van der Waals surface area contributed by atoms with Gasteiger partial charge in [-0.3, -0.25) is 0 Å². The number of aliphatic hydroxyl groups excluding tert-OH is 1. The fourth-order valence-corrected chi connectivity index (χ4v) is 2.49. The van der Waals surface area contributed by atoms with Crippen molar-refractivity contribution in [1.29, 1.82) is 0 Å². The first-order valence-electron chi connectivity index (χ1n) is 6.04. The Kier molecular flexibility index (Phi) is 5.03. The van der Waals surface area contributed by atoms with Gasteiger partial charge in [-0.05, 0) is 52.7 Å². The van der Waals surface area contributed by atoms with Crippen LogP contribution in [0.5, 0.6) is 0 Å². The van der Waals surface area contributed by atoms with Crippen molar-refractivity contribution in [2.75, 3.05) is 40.3 Å². The van der Waals surface area contributed by atoms with Crippen molar-refractivity contribution in [3.05, 3.63) is 0 Å². The van der Waals surface area contributed by atoms with Crippen LogP contribution in [0, 0.1) is 11.8 Å². The molecule has 1 aliphatic heterocycles. The molecule has 1 aliphatic rings. The molecule has 0 aliphatic carbocycles. The molecule has 0 amide bonds. The first-order chi connectivity index (χ1) is 7.04. The van der Waals surface area contributed by atoms with Crippen molar-refractivity contribution in [2.45, 2.75) is 26.3 Å². The molecule has 15 heavy (non-hydrogen) atoms. The molecule has 1 N–H and O–H groups in total. The second-order valence-corrected chi connectivity index (χ2v) is 5.34. The molecular formula is C12H26N2O. The molecule has 1 saturated heterocycles. The van der Waals surface area contributed by atoms with Crippen LogP contribution in [0.25, 0.3) is 0 Å². The molecule has 3 heteroatoms. The smallest absolute Gasteiger partial charge is 0.0474 e. The van der Waals surface area contributed by atoms with E-state index in [2.05, 4.69) is 37.7 Å². The van der Waals surface area contributed by atoms with Crippen molar-refractivity contribution in [3.8, 4) is 0 Å². The van der Waals surface area contributed by atoms with Crippen LogP contribution in [0.1, 0.15) is 20.3 Å². The van der Waals surface area contributed by atoms with Gasteiger partial charge in [-0.2, -0.15) is 0 Å². The van der Waals surface area contributed by atoms with Gasteiger partial charge in [0.25, 0.3) is 0 Å². The Balaban J connectivity index is 2.42. The molecule has 1 heterocycles. The SMILES string of the molecule is CC(C)N1CCC(C(CO)CN(C)C)C1. The van der Waals surface area contributed by atoms with Crippen LogP contribution in [0.15, 0.2) is 0 Å². The Morgan fingerprint density at radius 1 is 1.40 bits per heavy atom. The minimum absolute atomic E-state index is 0.328. The number of hydrogen-bond donors (Lipinski definition) is 1. The Labute approximate surface area is 94.1 Å². The molecule has 90 valence electrons. The van der Waals surface area contributed by atoms with Crippen molar-refractivity contribution in [2.24, 2.45) is 11.8 Å². The van der Waals surface area contributed by atoms with Crippen LogP contribution in [0.4, 0.5) is 0 Å². The van der Waals surface area contributed by atoms with Gasteiger partial charge in [0.15, 0.2) is 0 Å². The average Bonchev–Trinajstić information content (AvgIpc) is 2.62. The number of aliphatic hydroxyl groups is 1. The lowest BCUT2D eigenvalue weighted by molar-refractivity contribution is 0.140. The molecule has 0 aromatic rings. The fourth-order valence-electron chi connectivity index (χ4n) is 2.49. The van der Waals surface area contributed by atoms with E-state index in [1.54, 1.807) is 0 Å². The zero-order chi connectivity index (χ0) is 11.4. The summed E-state index contributed by atoms with van der Waals surface area (Å²) in [6, 6.07) is 0.647. The molecule has 1 rings (SSSR count). The van der Waals surface area contributed by atoms with E-state index in [0.717, 1.165) is 13.1 Å². The van der Waals surface area contributed by atoms with E-state index in [4.69, 9.17) is 0 Å². The summed E-state index contributed by atoms with van der Waals surface area (Å²) in [4.78, 5) is 4.70. The molecule has 0 radical (unpaired) electrons. The predicted octanol–water partition coefficient (Wildman–Crippen LogP) is 0.887. The van der Waals surface area contributed by atoms with E-state index in [-0.39, 0.29) is 0 Å². The zero-order valence-corrected chi connectivity index (χ0v) is 10.6. The van der Waals surface area contributed by atoms with E-state index in [0.29, 0.717) is 24.5 Å². The molecule has 0 aromatic heterocycles. The predicted molar refractivity (Wildman–Crippen MR) is 63.9 cm³/mol. The largest absolute Gasteiger partial charge is 0.396 e. The molecule has 0 bridgehead atoms. The summed E-state index contributed by atoms with van der Waals surface area (Å²) in [5.41, 5.74) is 0. The first-order valence-corrected chi connectivity index (χ1v) is 6.04. The van der Waals surface area contributed by atoms with Crippen LogP contribution in [-0.2, 0) is 0 Å². The summed E-state index contributed by atoms with van der Waals surface area (Å²) in [5.74, 6) is 1.13. The number of hydrogen-bond acceptors (Lipinski definition) is 3. The Morgan fingerprint density at radius 2 is 2.07 bits per heavy atom. The second-order valence-electron chi connectivity index (χ2n) is 5.34. The molecule has 0 spiro atoms. The maximum Gasteiger partial charge on any atom is 0.0474 e.